The lowest BCUT2D eigenvalue weighted by molar-refractivity contribution is 0.518. The molecule has 1 unspecified atom stereocenters. The summed E-state index contributed by atoms with van der Waals surface area (Å²) in [5.74, 6) is 0.617. The van der Waals surface area contributed by atoms with Crippen LogP contribution in [0.3, 0.4) is 0 Å². The third-order valence-electron chi connectivity index (χ3n) is 4.47. The minimum Gasteiger partial charge on any atom is -0.305 e. The smallest absolute Gasteiger partial charge is 0.241 e. The number of aryl methyl sites for hydroxylation is 1. The first kappa shape index (κ1) is 20.6. The topological polar surface area (TPSA) is 76.9 Å². The molecule has 0 saturated heterocycles. The first-order chi connectivity index (χ1) is 13.4. The number of aromatic nitrogens is 3. The van der Waals surface area contributed by atoms with E-state index in [9.17, 15) is 8.42 Å². The molecule has 1 aromatic heterocycles. The van der Waals surface area contributed by atoms with Crippen LogP contribution in [0.25, 0.3) is 0 Å². The van der Waals surface area contributed by atoms with Gasteiger partial charge in [-0.05, 0) is 44.2 Å². The number of thioether (sulfide) groups is 1. The molecule has 0 aliphatic heterocycles. The largest absolute Gasteiger partial charge is 0.305 e. The molecule has 28 heavy (non-hydrogen) atoms. The van der Waals surface area contributed by atoms with Crippen LogP contribution >= 0.6 is 11.8 Å². The molecule has 0 fully saturated rings. The van der Waals surface area contributed by atoms with Gasteiger partial charge in [-0.3, -0.25) is 0 Å². The third kappa shape index (κ3) is 4.63. The lowest BCUT2D eigenvalue weighted by Crippen LogP contribution is -2.32. The molecule has 0 aliphatic rings. The van der Waals surface area contributed by atoms with Gasteiger partial charge in [-0.25, -0.2) is 13.1 Å². The average Bonchev–Trinajstić information content (AvgIpc) is 3.11. The Hall–Kier alpha value is -2.16. The predicted octanol–water partition coefficient (Wildman–Crippen LogP) is 3.59. The standard InChI is InChI=1S/C20H24N4O2S2/c1-4-24-19(21-22-20(24)27-3)18(14-16-8-6-5-7-9-16)23-28(25,26)17-12-10-15(2)11-13-17/h5-13,18,23H,4,14H2,1-3H3. The molecule has 0 saturated carbocycles. The van der Waals surface area contributed by atoms with Crippen LogP contribution in [0.2, 0.25) is 0 Å². The summed E-state index contributed by atoms with van der Waals surface area (Å²) in [6.07, 6.45) is 2.42. The van der Waals surface area contributed by atoms with E-state index in [2.05, 4.69) is 14.9 Å². The maximum absolute atomic E-state index is 13.0. The van der Waals surface area contributed by atoms with Gasteiger partial charge in [0.15, 0.2) is 11.0 Å². The summed E-state index contributed by atoms with van der Waals surface area (Å²) in [4.78, 5) is 0.240. The van der Waals surface area contributed by atoms with Gasteiger partial charge in [-0.2, -0.15) is 0 Å². The van der Waals surface area contributed by atoms with Gasteiger partial charge in [0, 0.05) is 6.54 Å². The van der Waals surface area contributed by atoms with Crippen molar-refractivity contribution in [2.24, 2.45) is 0 Å². The van der Waals surface area contributed by atoms with Crippen molar-refractivity contribution < 1.29 is 8.42 Å². The van der Waals surface area contributed by atoms with Crippen molar-refractivity contribution in [2.75, 3.05) is 6.26 Å². The molecule has 1 atom stereocenters. The molecule has 3 rings (SSSR count). The number of benzene rings is 2. The van der Waals surface area contributed by atoms with Crippen molar-refractivity contribution in [1.82, 2.24) is 19.5 Å². The molecule has 1 N–H and O–H groups in total. The van der Waals surface area contributed by atoms with Gasteiger partial charge in [0.2, 0.25) is 10.0 Å². The second-order valence-electron chi connectivity index (χ2n) is 6.47. The maximum Gasteiger partial charge on any atom is 0.241 e. The number of sulfonamides is 1. The fourth-order valence-electron chi connectivity index (χ4n) is 3.01. The second-order valence-corrected chi connectivity index (χ2v) is 8.95. The molecular formula is C20H24N4O2S2. The van der Waals surface area contributed by atoms with Gasteiger partial charge in [-0.1, -0.05) is 59.8 Å². The van der Waals surface area contributed by atoms with E-state index >= 15 is 0 Å². The molecule has 1 heterocycles. The molecule has 0 spiro atoms. The summed E-state index contributed by atoms with van der Waals surface area (Å²) in [6.45, 7) is 4.59. The van der Waals surface area contributed by atoms with Gasteiger partial charge >= 0.3 is 0 Å². The van der Waals surface area contributed by atoms with Gasteiger partial charge in [0.25, 0.3) is 0 Å². The number of hydrogen-bond acceptors (Lipinski definition) is 5. The molecule has 2 aromatic carbocycles. The Bertz CT molecular complexity index is 1020. The van der Waals surface area contributed by atoms with Crippen molar-refractivity contribution in [3.63, 3.8) is 0 Å². The third-order valence-corrected chi connectivity index (χ3v) is 6.62. The van der Waals surface area contributed by atoms with E-state index in [1.54, 1.807) is 24.3 Å². The van der Waals surface area contributed by atoms with E-state index < -0.39 is 16.1 Å². The van der Waals surface area contributed by atoms with E-state index in [0.29, 0.717) is 18.8 Å². The molecular weight excluding hydrogens is 392 g/mol. The summed E-state index contributed by atoms with van der Waals surface area (Å²) < 4.78 is 30.8. The quantitative estimate of drug-likeness (QED) is 0.568. The molecule has 0 aliphatic carbocycles. The van der Waals surface area contributed by atoms with Crippen LogP contribution in [0, 0.1) is 6.92 Å². The van der Waals surface area contributed by atoms with Gasteiger partial charge in [0.05, 0.1) is 10.9 Å². The lowest BCUT2D eigenvalue weighted by Gasteiger charge is -2.19. The normalized spacial score (nSPS) is 12.8. The van der Waals surface area contributed by atoms with Crippen LogP contribution in [0.15, 0.2) is 64.6 Å². The summed E-state index contributed by atoms with van der Waals surface area (Å²) >= 11 is 1.49. The van der Waals surface area contributed by atoms with Gasteiger partial charge in [-0.15, -0.1) is 10.2 Å². The highest BCUT2D eigenvalue weighted by molar-refractivity contribution is 7.98. The van der Waals surface area contributed by atoms with Crippen molar-refractivity contribution in [3.8, 4) is 0 Å². The lowest BCUT2D eigenvalue weighted by atomic mass is 10.1. The minimum atomic E-state index is -3.70. The van der Waals surface area contributed by atoms with E-state index in [1.165, 1.54) is 11.8 Å². The zero-order valence-electron chi connectivity index (χ0n) is 16.2. The Morgan fingerprint density at radius 2 is 1.75 bits per heavy atom. The maximum atomic E-state index is 13.0. The highest BCUT2D eigenvalue weighted by atomic mass is 32.2. The summed E-state index contributed by atoms with van der Waals surface area (Å²) in [5.41, 5.74) is 2.03. The fraction of sp³-hybridized carbons (Fsp3) is 0.300. The van der Waals surface area contributed by atoms with Gasteiger partial charge < -0.3 is 4.57 Å². The Morgan fingerprint density at radius 1 is 1.07 bits per heavy atom. The van der Waals surface area contributed by atoms with E-state index in [0.717, 1.165) is 16.3 Å². The first-order valence-electron chi connectivity index (χ1n) is 9.04. The molecule has 0 radical (unpaired) electrons. The van der Waals surface area contributed by atoms with Crippen molar-refractivity contribution in [1.29, 1.82) is 0 Å². The van der Waals surface area contributed by atoms with Crippen LogP contribution in [0.1, 0.15) is 29.9 Å². The Morgan fingerprint density at radius 3 is 2.36 bits per heavy atom. The highest BCUT2D eigenvalue weighted by Gasteiger charge is 2.26. The van der Waals surface area contributed by atoms with E-state index in [-0.39, 0.29) is 4.90 Å². The summed E-state index contributed by atoms with van der Waals surface area (Å²) in [7, 11) is -3.70. The van der Waals surface area contributed by atoms with Crippen molar-refractivity contribution >= 4 is 21.8 Å². The van der Waals surface area contributed by atoms with Gasteiger partial charge in [0.1, 0.15) is 0 Å². The van der Waals surface area contributed by atoms with Crippen LogP contribution in [-0.2, 0) is 23.0 Å². The zero-order chi connectivity index (χ0) is 20.1. The van der Waals surface area contributed by atoms with Crippen LogP contribution in [-0.4, -0.2) is 29.4 Å². The number of nitrogens with one attached hydrogen (secondary N) is 1. The summed E-state index contributed by atoms with van der Waals surface area (Å²) in [6, 6.07) is 16.1. The number of hydrogen-bond donors (Lipinski definition) is 1. The van der Waals surface area contributed by atoms with Crippen molar-refractivity contribution in [2.45, 2.75) is 42.9 Å². The average molecular weight is 417 g/mol. The Kier molecular flexibility index (Phi) is 6.53. The molecule has 8 heteroatoms. The second kappa shape index (κ2) is 8.89. The minimum absolute atomic E-state index is 0.240. The number of nitrogens with zero attached hydrogens (tertiary/aromatic N) is 3. The van der Waals surface area contributed by atoms with Crippen LogP contribution in [0.4, 0.5) is 0 Å². The monoisotopic (exact) mass is 416 g/mol. The van der Waals surface area contributed by atoms with Crippen LogP contribution in [0.5, 0.6) is 0 Å². The summed E-state index contributed by atoms with van der Waals surface area (Å²) in [5, 5.41) is 9.30. The van der Waals surface area contributed by atoms with E-state index in [1.807, 2.05) is 55.0 Å². The molecule has 0 bridgehead atoms. The van der Waals surface area contributed by atoms with E-state index in [4.69, 9.17) is 0 Å². The fourth-order valence-corrected chi connectivity index (χ4v) is 4.77. The first-order valence-corrected chi connectivity index (χ1v) is 11.8. The SMILES string of the molecule is CCn1c(SC)nnc1C(Cc1ccccc1)NS(=O)(=O)c1ccc(C)cc1. The molecule has 148 valence electrons. The molecule has 0 amide bonds. The predicted molar refractivity (Wildman–Crippen MR) is 112 cm³/mol. The highest BCUT2D eigenvalue weighted by Crippen LogP contribution is 2.24. The Balaban J connectivity index is 1.99. The zero-order valence-corrected chi connectivity index (χ0v) is 17.8. The Labute approximate surface area is 170 Å². The number of rotatable bonds is 8. The van der Waals surface area contributed by atoms with Crippen molar-refractivity contribution in [3.05, 3.63) is 71.5 Å². The molecule has 6 nitrogen and oxygen atoms in total. The van der Waals surface area contributed by atoms with Crippen LogP contribution < -0.4 is 4.72 Å². The molecule has 3 aromatic rings.